The molecule has 0 unspecified atom stereocenters. The van der Waals surface area contributed by atoms with Crippen LogP contribution in [0, 0.1) is 6.92 Å². The molecule has 0 spiro atoms. The van der Waals surface area contributed by atoms with Gasteiger partial charge in [-0.15, -0.1) is 0 Å². The Kier molecular flexibility index (Phi) is 2.47. The van der Waals surface area contributed by atoms with E-state index in [0.29, 0.717) is 5.69 Å². The van der Waals surface area contributed by atoms with E-state index in [1.807, 2.05) is 0 Å². The molecule has 4 N–H and O–H groups in total. The Morgan fingerprint density at radius 3 is 2.65 bits per heavy atom. The number of imidazole rings is 1. The smallest absolute Gasteiger partial charge is 0.356 e. The minimum atomic E-state index is -1.25. The van der Waals surface area contributed by atoms with Gasteiger partial charge in [-0.3, -0.25) is 9.55 Å². The first-order chi connectivity index (χ1) is 8.02. The number of nitrogens with two attached hydrogens (primary N) is 1. The summed E-state index contributed by atoms with van der Waals surface area (Å²) in [5, 5.41) is 9.05. The van der Waals surface area contributed by atoms with E-state index in [1.165, 1.54) is 0 Å². The van der Waals surface area contributed by atoms with Gasteiger partial charge >= 0.3 is 11.7 Å². The maximum absolute atomic E-state index is 11.7. The van der Waals surface area contributed by atoms with Crippen molar-refractivity contribution in [2.24, 2.45) is 0 Å². The highest BCUT2D eigenvalue weighted by Crippen LogP contribution is 2.16. The number of benzene rings is 1. The summed E-state index contributed by atoms with van der Waals surface area (Å²) in [5.41, 5.74) is 5.96. The lowest BCUT2D eigenvalue weighted by atomic mass is 10.2. The molecular weight excluding hydrogens is 222 g/mol. The van der Waals surface area contributed by atoms with Crippen LogP contribution in [0.25, 0.3) is 5.69 Å². The summed E-state index contributed by atoms with van der Waals surface area (Å²) >= 11 is 0. The molecule has 1 aromatic heterocycles. The van der Waals surface area contributed by atoms with Crippen molar-refractivity contribution >= 4 is 11.8 Å². The van der Waals surface area contributed by atoms with Gasteiger partial charge in [0.1, 0.15) is 5.82 Å². The van der Waals surface area contributed by atoms with Gasteiger partial charge in [-0.05, 0) is 18.6 Å². The number of hydrogen-bond acceptors (Lipinski definition) is 3. The van der Waals surface area contributed by atoms with Gasteiger partial charge in [-0.1, -0.05) is 18.2 Å². The molecular formula is C11H11N3O3. The Hall–Kier alpha value is -2.50. The van der Waals surface area contributed by atoms with E-state index in [9.17, 15) is 9.59 Å². The number of H-pyrrole nitrogens is 1. The van der Waals surface area contributed by atoms with E-state index in [4.69, 9.17) is 10.8 Å². The Balaban J connectivity index is 2.81. The molecule has 6 heteroatoms. The van der Waals surface area contributed by atoms with Crippen molar-refractivity contribution < 1.29 is 9.90 Å². The van der Waals surface area contributed by atoms with Crippen molar-refractivity contribution in [2.75, 3.05) is 5.73 Å². The number of carbonyl (C=O) groups is 1. The second-order valence-corrected chi connectivity index (χ2v) is 3.62. The Morgan fingerprint density at radius 2 is 2.06 bits per heavy atom. The number of hydrogen-bond donors (Lipinski definition) is 3. The maximum Gasteiger partial charge on any atom is 0.356 e. The van der Waals surface area contributed by atoms with Crippen molar-refractivity contribution in [3.63, 3.8) is 0 Å². The summed E-state index contributed by atoms with van der Waals surface area (Å²) in [6.07, 6.45) is 0. The number of para-hydroxylation sites is 1. The number of rotatable bonds is 2. The molecule has 0 bridgehead atoms. The first kappa shape index (κ1) is 11.0. The molecule has 0 atom stereocenters. The normalized spacial score (nSPS) is 10.4. The largest absolute Gasteiger partial charge is 0.476 e. The summed E-state index contributed by atoms with van der Waals surface area (Å²) in [7, 11) is 0. The Morgan fingerprint density at radius 1 is 1.41 bits per heavy atom. The third-order valence-electron chi connectivity index (χ3n) is 2.48. The molecule has 17 heavy (non-hydrogen) atoms. The predicted octanol–water partition coefficient (Wildman–Crippen LogP) is 0.754. The van der Waals surface area contributed by atoms with Crippen molar-refractivity contribution in [3.05, 3.63) is 46.0 Å². The number of carboxylic acids is 1. The van der Waals surface area contributed by atoms with Crippen LogP contribution in [0.5, 0.6) is 0 Å². The molecule has 6 nitrogen and oxygen atoms in total. The third-order valence-corrected chi connectivity index (χ3v) is 2.48. The van der Waals surface area contributed by atoms with Gasteiger partial charge in [-0.25, -0.2) is 9.59 Å². The molecule has 0 saturated carbocycles. The SMILES string of the molecule is Cc1ccccc1-n1c(C(=O)O)c(N)[nH]c1=O. The number of carboxylic acid groups (broad SMARTS) is 1. The standard InChI is InChI=1S/C11H11N3O3/c1-6-4-2-3-5-7(6)14-8(10(15)16)9(12)13-11(14)17/h2-5H,12H2,1H3,(H,13,17)(H,15,16). The van der Waals surface area contributed by atoms with Crippen LogP contribution in [0.4, 0.5) is 5.82 Å². The van der Waals surface area contributed by atoms with Crippen LogP contribution in [0.3, 0.4) is 0 Å². The number of nitrogens with zero attached hydrogens (tertiary/aromatic N) is 1. The zero-order valence-electron chi connectivity index (χ0n) is 9.10. The van der Waals surface area contributed by atoms with Crippen LogP contribution in [-0.2, 0) is 0 Å². The highest BCUT2D eigenvalue weighted by Gasteiger charge is 2.20. The van der Waals surface area contributed by atoms with E-state index in [2.05, 4.69) is 4.98 Å². The summed E-state index contributed by atoms with van der Waals surface area (Å²) in [6, 6.07) is 6.98. The predicted molar refractivity (Wildman–Crippen MR) is 62.5 cm³/mol. The number of aromatic nitrogens is 2. The van der Waals surface area contributed by atoms with Crippen molar-refractivity contribution in [2.45, 2.75) is 6.92 Å². The molecule has 0 radical (unpaired) electrons. The molecule has 88 valence electrons. The van der Waals surface area contributed by atoms with Crippen molar-refractivity contribution in [3.8, 4) is 5.69 Å². The fraction of sp³-hybridized carbons (Fsp3) is 0.0909. The molecule has 0 saturated heterocycles. The minimum absolute atomic E-state index is 0.147. The van der Waals surface area contributed by atoms with E-state index in [0.717, 1.165) is 10.1 Å². The zero-order valence-corrected chi connectivity index (χ0v) is 9.10. The van der Waals surface area contributed by atoms with Crippen LogP contribution >= 0.6 is 0 Å². The van der Waals surface area contributed by atoms with Crippen LogP contribution in [0.15, 0.2) is 29.1 Å². The number of anilines is 1. The van der Waals surface area contributed by atoms with Gasteiger partial charge < -0.3 is 10.8 Å². The molecule has 1 aromatic carbocycles. The second-order valence-electron chi connectivity index (χ2n) is 3.62. The molecule has 2 aromatic rings. The fourth-order valence-electron chi connectivity index (χ4n) is 1.71. The van der Waals surface area contributed by atoms with Crippen LogP contribution in [0.2, 0.25) is 0 Å². The average molecular weight is 233 g/mol. The number of aromatic amines is 1. The van der Waals surface area contributed by atoms with E-state index >= 15 is 0 Å². The molecule has 0 fully saturated rings. The lowest BCUT2D eigenvalue weighted by molar-refractivity contribution is 0.0689. The van der Waals surface area contributed by atoms with Gasteiger partial charge in [0.15, 0.2) is 5.69 Å². The summed E-state index contributed by atoms with van der Waals surface area (Å²) in [6.45, 7) is 1.79. The lowest BCUT2D eigenvalue weighted by Crippen LogP contribution is -2.19. The number of nitrogen functional groups attached to an aromatic ring is 1. The van der Waals surface area contributed by atoms with Crippen LogP contribution in [0.1, 0.15) is 16.1 Å². The molecule has 0 aliphatic heterocycles. The maximum atomic E-state index is 11.7. The van der Waals surface area contributed by atoms with Gasteiger partial charge in [0.25, 0.3) is 0 Å². The first-order valence-electron chi connectivity index (χ1n) is 4.92. The number of aromatic carboxylic acids is 1. The van der Waals surface area contributed by atoms with Crippen molar-refractivity contribution in [1.29, 1.82) is 0 Å². The van der Waals surface area contributed by atoms with Crippen LogP contribution < -0.4 is 11.4 Å². The fourth-order valence-corrected chi connectivity index (χ4v) is 1.71. The summed E-state index contributed by atoms with van der Waals surface area (Å²) in [4.78, 5) is 25.1. The van der Waals surface area contributed by atoms with Crippen LogP contribution in [-0.4, -0.2) is 20.6 Å². The van der Waals surface area contributed by atoms with Crippen molar-refractivity contribution in [1.82, 2.24) is 9.55 Å². The molecule has 0 aliphatic carbocycles. The van der Waals surface area contributed by atoms with Gasteiger partial charge in [0.2, 0.25) is 0 Å². The number of aryl methyl sites for hydroxylation is 1. The Labute approximate surface area is 96.3 Å². The quantitative estimate of drug-likeness (QED) is 0.712. The van der Waals surface area contributed by atoms with E-state index in [-0.39, 0.29) is 11.5 Å². The van der Waals surface area contributed by atoms with Gasteiger partial charge in [-0.2, -0.15) is 0 Å². The zero-order chi connectivity index (χ0) is 12.6. The third kappa shape index (κ3) is 1.69. The first-order valence-corrected chi connectivity index (χ1v) is 4.92. The molecule has 1 heterocycles. The topological polar surface area (TPSA) is 101 Å². The Bertz CT molecular complexity index is 640. The highest BCUT2D eigenvalue weighted by atomic mass is 16.4. The van der Waals surface area contributed by atoms with E-state index in [1.54, 1.807) is 31.2 Å². The molecule has 0 amide bonds. The summed E-state index contributed by atoms with van der Waals surface area (Å²) in [5.74, 6) is -1.39. The van der Waals surface area contributed by atoms with Gasteiger partial charge in [0, 0.05) is 0 Å². The average Bonchev–Trinajstić information content (AvgIpc) is 2.54. The highest BCUT2D eigenvalue weighted by molar-refractivity contribution is 5.91. The molecule has 0 aliphatic rings. The summed E-state index contributed by atoms with van der Waals surface area (Å²) < 4.78 is 1.06. The lowest BCUT2D eigenvalue weighted by Gasteiger charge is -2.07. The van der Waals surface area contributed by atoms with E-state index < -0.39 is 11.7 Å². The monoisotopic (exact) mass is 233 g/mol. The minimum Gasteiger partial charge on any atom is -0.476 e. The number of nitrogens with one attached hydrogen (secondary N) is 1. The molecule has 2 rings (SSSR count). The van der Waals surface area contributed by atoms with Gasteiger partial charge in [0.05, 0.1) is 5.69 Å². The second kappa shape index (κ2) is 3.82.